The Kier molecular flexibility index (Phi) is 7.32. The van der Waals surface area contributed by atoms with E-state index < -0.39 is 10.8 Å². The van der Waals surface area contributed by atoms with Crippen molar-refractivity contribution in [1.82, 2.24) is 15.5 Å². The Morgan fingerprint density at radius 3 is 2.64 bits per heavy atom. The SMILES string of the molecule is CCC(=O)N1CCC(NC(=NC)NCCS(=O)C(C)(C)C)C1. The second-order valence-corrected chi connectivity index (χ2v) is 8.81. The van der Waals surface area contributed by atoms with Gasteiger partial charge in [-0.1, -0.05) is 6.92 Å². The smallest absolute Gasteiger partial charge is 0.222 e. The average Bonchev–Trinajstić information content (AvgIpc) is 2.92. The Morgan fingerprint density at radius 2 is 2.09 bits per heavy atom. The van der Waals surface area contributed by atoms with E-state index in [0.717, 1.165) is 19.5 Å². The van der Waals surface area contributed by atoms with Crippen molar-refractivity contribution >= 4 is 22.7 Å². The molecular formula is C15H30N4O2S. The highest BCUT2D eigenvalue weighted by Crippen LogP contribution is 2.11. The van der Waals surface area contributed by atoms with E-state index in [2.05, 4.69) is 15.6 Å². The Labute approximate surface area is 136 Å². The minimum Gasteiger partial charge on any atom is -0.355 e. The first-order valence-electron chi connectivity index (χ1n) is 7.91. The van der Waals surface area contributed by atoms with E-state index in [0.29, 0.717) is 24.7 Å². The lowest BCUT2D eigenvalue weighted by Gasteiger charge is -2.20. The normalized spacial score (nSPS) is 20.9. The first kappa shape index (κ1) is 18.9. The van der Waals surface area contributed by atoms with Gasteiger partial charge < -0.3 is 15.5 Å². The largest absolute Gasteiger partial charge is 0.355 e. The number of hydrogen-bond acceptors (Lipinski definition) is 3. The van der Waals surface area contributed by atoms with E-state index in [4.69, 9.17) is 0 Å². The molecule has 1 rings (SSSR count). The van der Waals surface area contributed by atoms with E-state index in [9.17, 15) is 9.00 Å². The van der Waals surface area contributed by atoms with Crippen LogP contribution >= 0.6 is 0 Å². The summed E-state index contributed by atoms with van der Waals surface area (Å²) in [6.45, 7) is 9.97. The van der Waals surface area contributed by atoms with Gasteiger partial charge in [-0.2, -0.15) is 0 Å². The fourth-order valence-corrected chi connectivity index (χ4v) is 3.18. The van der Waals surface area contributed by atoms with Gasteiger partial charge in [-0.15, -0.1) is 0 Å². The molecule has 2 atom stereocenters. The Balaban J connectivity index is 2.35. The molecule has 1 saturated heterocycles. The van der Waals surface area contributed by atoms with Crippen LogP contribution in [0.2, 0.25) is 0 Å². The number of carbonyl (C=O) groups excluding carboxylic acids is 1. The molecule has 0 bridgehead atoms. The molecule has 0 saturated carbocycles. The minimum absolute atomic E-state index is 0.189. The molecule has 7 heteroatoms. The third-order valence-corrected chi connectivity index (χ3v) is 5.61. The van der Waals surface area contributed by atoms with E-state index >= 15 is 0 Å². The van der Waals surface area contributed by atoms with E-state index in [1.807, 2.05) is 32.6 Å². The molecule has 1 heterocycles. The molecule has 2 N–H and O–H groups in total. The predicted octanol–water partition coefficient (Wildman–Crippen LogP) is 0.710. The van der Waals surface area contributed by atoms with E-state index in [1.165, 1.54) is 0 Å². The van der Waals surface area contributed by atoms with Crippen LogP contribution in [0.15, 0.2) is 4.99 Å². The fraction of sp³-hybridized carbons (Fsp3) is 0.867. The Morgan fingerprint density at radius 1 is 1.41 bits per heavy atom. The topological polar surface area (TPSA) is 73.8 Å². The first-order valence-corrected chi connectivity index (χ1v) is 9.23. The number of likely N-dealkylation sites (tertiary alicyclic amines) is 1. The van der Waals surface area contributed by atoms with Crippen molar-refractivity contribution in [2.24, 2.45) is 4.99 Å². The zero-order valence-electron chi connectivity index (χ0n) is 14.4. The standard InChI is InChI=1S/C15H30N4O2S/c1-6-13(20)19-9-7-12(11-19)18-14(16-5)17-8-10-22(21)15(2,3)4/h12H,6-11H2,1-5H3,(H2,16,17,18). The van der Waals surface area contributed by atoms with Crippen LogP contribution in [0.1, 0.15) is 40.5 Å². The molecule has 1 aliphatic heterocycles. The van der Waals surface area contributed by atoms with Crippen molar-refractivity contribution < 1.29 is 9.00 Å². The molecule has 128 valence electrons. The van der Waals surface area contributed by atoms with Gasteiger partial charge in [0.25, 0.3) is 0 Å². The minimum atomic E-state index is -0.871. The molecule has 1 amide bonds. The number of rotatable bonds is 5. The lowest BCUT2D eigenvalue weighted by molar-refractivity contribution is -0.129. The molecule has 6 nitrogen and oxygen atoms in total. The molecule has 1 aliphatic rings. The average molecular weight is 330 g/mol. The maximum absolute atomic E-state index is 12.0. The summed E-state index contributed by atoms with van der Waals surface area (Å²) in [4.78, 5) is 17.8. The second kappa shape index (κ2) is 8.50. The third-order valence-electron chi connectivity index (χ3n) is 3.67. The predicted molar refractivity (Wildman–Crippen MR) is 92.5 cm³/mol. The second-order valence-electron chi connectivity index (χ2n) is 6.48. The molecule has 1 fully saturated rings. The number of guanidine groups is 1. The maximum Gasteiger partial charge on any atom is 0.222 e. The molecule has 2 unspecified atom stereocenters. The number of aliphatic imine (C=N–C) groups is 1. The summed E-state index contributed by atoms with van der Waals surface area (Å²) in [5, 5.41) is 6.53. The summed E-state index contributed by atoms with van der Waals surface area (Å²) < 4.78 is 11.8. The van der Waals surface area contributed by atoms with Crippen molar-refractivity contribution in [3.05, 3.63) is 0 Å². The highest BCUT2D eigenvalue weighted by molar-refractivity contribution is 7.86. The fourth-order valence-electron chi connectivity index (χ4n) is 2.28. The van der Waals surface area contributed by atoms with E-state index in [1.54, 1.807) is 7.05 Å². The van der Waals surface area contributed by atoms with Crippen molar-refractivity contribution in [3.8, 4) is 0 Å². The maximum atomic E-state index is 12.0. The highest BCUT2D eigenvalue weighted by Gasteiger charge is 2.26. The van der Waals surface area contributed by atoms with Crippen molar-refractivity contribution in [2.45, 2.75) is 51.3 Å². The molecule has 0 aromatic heterocycles. The number of hydrogen-bond donors (Lipinski definition) is 2. The van der Waals surface area contributed by atoms with Crippen LogP contribution in [0.3, 0.4) is 0 Å². The van der Waals surface area contributed by atoms with E-state index in [-0.39, 0.29) is 16.7 Å². The first-order chi connectivity index (χ1) is 10.3. The van der Waals surface area contributed by atoms with Crippen LogP contribution in [-0.2, 0) is 15.6 Å². The van der Waals surface area contributed by atoms with Gasteiger partial charge >= 0.3 is 0 Å². The Hall–Kier alpha value is -1.11. The van der Waals surface area contributed by atoms with Crippen molar-refractivity contribution in [1.29, 1.82) is 0 Å². The molecule has 0 radical (unpaired) electrons. The number of nitrogens with zero attached hydrogens (tertiary/aromatic N) is 2. The quantitative estimate of drug-likeness (QED) is 0.575. The summed E-state index contributed by atoms with van der Waals surface area (Å²) in [7, 11) is 0.851. The molecule has 0 aromatic rings. The monoisotopic (exact) mass is 330 g/mol. The molecule has 0 aliphatic carbocycles. The summed E-state index contributed by atoms with van der Waals surface area (Å²) in [5.41, 5.74) is 0. The lowest BCUT2D eigenvalue weighted by atomic mass is 10.3. The lowest BCUT2D eigenvalue weighted by Crippen LogP contribution is -2.46. The van der Waals surface area contributed by atoms with Gasteiger partial charge in [-0.3, -0.25) is 14.0 Å². The number of nitrogens with one attached hydrogen (secondary N) is 2. The zero-order valence-corrected chi connectivity index (χ0v) is 15.3. The molecule has 0 aromatic carbocycles. The Bertz CT molecular complexity index is 432. The van der Waals surface area contributed by atoms with Gasteiger partial charge in [0.2, 0.25) is 5.91 Å². The number of amides is 1. The van der Waals surface area contributed by atoms with Crippen molar-refractivity contribution in [2.75, 3.05) is 32.4 Å². The van der Waals surface area contributed by atoms with Crippen molar-refractivity contribution in [3.63, 3.8) is 0 Å². The summed E-state index contributed by atoms with van der Waals surface area (Å²) in [5.74, 6) is 1.50. The van der Waals surface area contributed by atoms with Crippen LogP contribution in [0.5, 0.6) is 0 Å². The van der Waals surface area contributed by atoms with Gasteiger partial charge in [-0.05, 0) is 27.2 Å². The molecule has 22 heavy (non-hydrogen) atoms. The highest BCUT2D eigenvalue weighted by atomic mass is 32.2. The molecular weight excluding hydrogens is 300 g/mol. The van der Waals surface area contributed by atoms with Gasteiger partial charge in [0.05, 0.1) is 0 Å². The van der Waals surface area contributed by atoms with Crippen LogP contribution in [0, 0.1) is 0 Å². The third kappa shape index (κ3) is 5.94. The molecule has 0 spiro atoms. The van der Waals surface area contributed by atoms with Crippen LogP contribution < -0.4 is 10.6 Å². The summed E-state index contributed by atoms with van der Waals surface area (Å²) in [6.07, 6.45) is 1.48. The summed E-state index contributed by atoms with van der Waals surface area (Å²) in [6, 6.07) is 0.231. The van der Waals surface area contributed by atoms with Crippen LogP contribution in [-0.4, -0.2) is 64.2 Å². The van der Waals surface area contributed by atoms with Gasteiger partial charge in [0.1, 0.15) is 0 Å². The van der Waals surface area contributed by atoms with Gasteiger partial charge in [0.15, 0.2) is 5.96 Å². The zero-order chi connectivity index (χ0) is 16.8. The van der Waals surface area contributed by atoms with Crippen LogP contribution in [0.25, 0.3) is 0 Å². The summed E-state index contributed by atoms with van der Waals surface area (Å²) >= 11 is 0. The number of carbonyl (C=O) groups is 1. The van der Waals surface area contributed by atoms with Gasteiger partial charge in [0, 0.05) is 60.4 Å². The van der Waals surface area contributed by atoms with Gasteiger partial charge in [-0.25, -0.2) is 0 Å². The van der Waals surface area contributed by atoms with Crippen LogP contribution in [0.4, 0.5) is 0 Å².